The Morgan fingerprint density at radius 3 is 1.35 bits per heavy atom. The van der Waals surface area contributed by atoms with Crippen LogP contribution in [0.3, 0.4) is 0 Å². The van der Waals surface area contributed by atoms with Gasteiger partial charge in [-0.05, 0) is 73.2 Å². The van der Waals surface area contributed by atoms with Gasteiger partial charge in [-0.3, -0.25) is 4.55 Å². The highest BCUT2D eigenvalue weighted by atomic mass is 32.2. The summed E-state index contributed by atoms with van der Waals surface area (Å²) in [6.45, 7) is 1.45. The van der Waals surface area contributed by atoms with Crippen molar-refractivity contribution in [3.8, 4) is 11.4 Å². The van der Waals surface area contributed by atoms with E-state index in [1.807, 2.05) is 60.7 Å². The molecule has 0 radical (unpaired) electrons. The first-order chi connectivity index (χ1) is 24.7. The number of hydrogen-bond donors (Lipinski definition) is 1. The average Bonchev–Trinajstić information content (AvgIpc) is 3.66. The van der Waals surface area contributed by atoms with Crippen molar-refractivity contribution in [2.75, 3.05) is 6.61 Å². The van der Waals surface area contributed by atoms with E-state index in [1.54, 1.807) is 6.92 Å². The third-order valence-corrected chi connectivity index (χ3v) is 9.79. The number of rotatable bonds is 8. The molecule has 6 aromatic carbocycles. The van der Waals surface area contributed by atoms with Gasteiger partial charge in [-0.15, -0.1) is 0 Å². The van der Waals surface area contributed by atoms with Crippen molar-refractivity contribution in [3.05, 3.63) is 150 Å². The van der Waals surface area contributed by atoms with E-state index in [0.717, 1.165) is 67.1 Å². The minimum absolute atomic E-state index is 0.0331. The third kappa shape index (κ3) is 5.70. The zero-order valence-electron chi connectivity index (χ0n) is 27.3. The van der Waals surface area contributed by atoms with E-state index in [9.17, 15) is 22.6 Å². The van der Waals surface area contributed by atoms with Crippen LogP contribution in [0.2, 0.25) is 0 Å². The van der Waals surface area contributed by atoms with Crippen molar-refractivity contribution < 1.29 is 32.0 Å². The van der Waals surface area contributed by atoms with Crippen LogP contribution in [0.5, 0.6) is 0 Å². The van der Waals surface area contributed by atoms with Crippen LogP contribution < -0.4 is 0 Å². The van der Waals surface area contributed by atoms with Crippen LogP contribution >= 0.6 is 0 Å². The second-order valence-electron chi connectivity index (χ2n) is 12.1. The molecule has 2 aromatic heterocycles. The van der Waals surface area contributed by atoms with Gasteiger partial charge in [0, 0.05) is 32.9 Å². The molecule has 0 bridgehead atoms. The Hall–Kier alpha value is -6.23. The summed E-state index contributed by atoms with van der Waals surface area (Å²) >= 11 is 0. The number of para-hydroxylation sites is 4. The molecule has 10 heteroatoms. The highest BCUT2D eigenvalue weighted by Crippen LogP contribution is 2.36. The SMILES string of the molecule is CCOC(=O)c1cc(C(=O)OCc2cc(-n3c4ccccc4c4ccccc43)cc(-n3c4ccccc4c4ccccc43)c2)cc(S(=O)(=O)O)c1. The lowest BCUT2D eigenvalue weighted by Gasteiger charge is -2.16. The van der Waals surface area contributed by atoms with E-state index < -0.39 is 27.0 Å². The smallest absolute Gasteiger partial charge is 0.338 e. The molecule has 252 valence electrons. The van der Waals surface area contributed by atoms with Crippen molar-refractivity contribution in [1.29, 1.82) is 0 Å². The summed E-state index contributed by atoms with van der Waals surface area (Å²) in [4.78, 5) is 25.4. The normalized spacial score (nSPS) is 11.8. The predicted octanol–water partition coefficient (Wildman–Crippen LogP) is 8.66. The molecular formula is C41H30N2O7S. The van der Waals surface area contributed by atoms with Gasteiger partial charge in [-0.2, -0.15) is 8.42 Å². The third-order valence-electron chi connectivity index (χ3n) is 8.96. The van der Waals surface area contributed by atoms with Crippen molar-refractivity contribution in [2.24, 2.45) is 0 Å². The highest BCUT2D eigenvalue weighted by molar-refractivity contribution is 7.85. The summed E-state index contributed by atoms with van der Waals surface area (Å²) in [5.74, 6) is -1.72. The van der Waals surface area contributed by atoms with Gasteiger partial charge in [0.05, 0.1) is 44.7 Å². The van der Waals surface area contributed by atoms with Crippen LogP contribution in [0.25, 0.3) is 55.0 Å². The summed E-state index contributed by atoms with van der Waals surface area (Å²) in [5.41, 5.74) is 5.95. The molecule has 0 aliphatic heterocycles. The van der Waals surface area contributed by atoms with Crippen molar-refractivity contribution >= 4 is 65.7 Å². The molecule has 0 saturated heterocycles. The standard InChI is InChI=1S/C41H30N2O7S/c1-2-49-40(44)27-21-28(23-31(22-27)51(46,47)48)41(45)50-25-26-19-29(42-36-15-7-3-11-32(36)33-12-4-8-16-37(33)42)24-30(20-26)43-38-17-9-5-13-34(38)35-14-6-10-18-39(35)43/h3-24H,2,25H2,1H3,(H,46,47,48). The number of esters is 2. The summed E-state index contributed by atoms with van der Waals surface area (Å²) < 4.78 is 49.0. The van der Waals surface area contributed by atoms with Gasteiger partial charge in [-0.25, -0.2) is 9.59 Å². The maximum Gasteiger partial charge on any atom is 0.338 e. The molecule has 2 heterocycles. The lowest BCUT2D eigenvalue weighted by atomic mass is 10.1. The molecule has 0 aliphatic carbocycles. The number of carbonyl (C=O) groups is 2. The van der Waals surface area contributed by atoms with Crippen molar-refractivity contribution in [2.45, 2.75) is 18.4 Å². The lowest BCUT2D eigenvalue weighted by molar-refractivity contribution is 0.0472. The van der Waals surface area contributed by atoms with Crippen LogP contribution in [0.15, 0.2) is 138 Å². The molecule has 9 nitrogen and oxygen atoms in total. The molecule has 0 fully saturated rings. The first-order valence-corrected chi connectivity index (χ1v) is 17.7. The zero-order valence-corrected chi connectivity index (χ0v) is 28.1. The monoisotopic (exact) mass is 694 g/mol. The first kappa shape index (κ1) is 32.0. The number of hydrogen-bond acceptors (Lipinski definition) is 6. The van der Waals surface area contributed by atoms with E-state index in [1.165, 1.54) is 6.07 Å². The molecule has 1 N–H and O–H groups in total. The zero-order chi connectivity index (χ0) is 35.3. The van der Waals surface area contributed by atoms with Crippen LogP contribution in [-0.4, -0.2) is 40.7 Å². The van der Waals surface area contributed by atoms with E-state index in [4.69, 9.17) is 9.47 Å². The first-order valence-electron chi connectivity index (χ1n) is 16.3. The van der Waals surface area contributed by atoms with Crippen LogP contribution in [0.1, 0.15) is 33.2 Å². The molecular weight excluding hydrogens is 665 g/mol. The Morgan fingerprint density at radius 1 is 0.569 bits per heavy atom. The second-order valence-corrected chi connectivity index (χ2v) is 13.5. The summed E-state index contributed by atoms with van der Waals surface area (Å²) in [6, 6.07) is 41.9. The summed E-state index contributed by atoms with van der Waals surface area (Å²) in [6.07, 6.45) is 0. The number of fused-ring (bicyclic) bond motifs is 6. The highest BCUT2D eigenvalue weighted by Gasteiger charge is 2.21. The van der Waals surface area contributed by atoms with Crippen molar-refractivity contribution in [1.82, 2.24) is 9.13 Å². The molecule has 0 atom stereocenters. The molecule has 0 amide bonds. The fourth-order valence-corrected chi connectivity index (χ4v) is 7.38. The Kier molecular flexibility index (Phi) is 7.90. The van der Waals surface area contributed by atoms with Crippen LogP contribution in [0.4, 0.5) is 0 Å². The van der Waals surface area contributed by atoms with E-state index in [0.29, 0.717) is 5.56 Å². The van der Waals surface area contributed by atoms with Gasteiger partial charge in [0.2, 0.25) is 0 Å². The number of aromatic nitrogens is 2. The number of benzene rings is 6. The molecule has 0 saturated carbocycles. The largest absolute Gasteiger partial charge is 0.462 e. The fourth-order valence-electron chi connectivity index (χ4n) is 6.83. The average molecular weight is 695 g/mol. The van der Waals surface area contributed by atoms with E-state index >= 15 is 0 Å². The van der Waals surface area contributed by atoms with Crippen LogP contribution in [0, 0.1) is 0 Å². The maximum atomic E-state index is 13.5. The Labute approximate surface area is 292 Å². The predicted molar refractivity (Wildman–Crippen MR) is 196 cm³/mol. The number of ether oxygens (including phenoxy) is 2. The van der Waals surface area contributed by atoms with E-state index in [2.05, 4.69) is 63.7 Å². The molecule has 8 rings (SSSR count). The van der Waals surface area contributed by atoms with Gasteiger partial charge >= 0.3 is 11.9 Å². The molecule has 0 spiro atoms. The van der Waals surface area contributed by atoms with E-state index in [-0.39, 0.29) is 24.3 Å². The minimum Gasteiger partial charge on any atom is -0.462 e. The quantitative estimate of drug-likeness (QED) is 0.125. The second kappa shape index (κ2) is 12.6. The Bertz CT molecular complexity index is 2560. The van der Waals surface area contributed by atoms with Gasteiger partial charge in [0.1, 0.15) is 6.61 Å². The molecule has 51 heavy (non-hydrogen) atoms. The number of nitrogens with zero attached hydrogens (tertiary/aromatic N) is 2. The van der Waals surface area contributed by atoms with Gasteiger partial charge in [0.15, 0.2) is 0 Å². The van der Waals surface area contributed by atoms with Crippen LogP contribution in [-0.2, 0) is 26.2 Å². The molecule has 0 aliphatic rings. The summed E-state index contributed by atoms with van der Waals surface area (Å²) in [7, 11) is -4.75. The fraction of sp³-hybridized carbons (Fsp3) is 0.0732. The van der Waals surface area contributed by atoms with Crippen molar-refractivity contribution in [3.63, 3.8) is 0 Å². The van der Waals surface area contributed by atoms with Gasteiger partial charge < -0.3 is 18.6 Å². The lowest BCUT2D eigenvalue weighted by Crippen LogP contribution is -2.12. The molecule has 0 unspecified atom stereocenters. The summed E-state index contributed by atoms with van der Waals surface area (Å²) in [5, 5.41) is 4.39. The molecule has 8 aromatic rings. The number of carbonyl (C=O) groups excluding carboxylic acids is 2. The van der Waals surface area contributed by atoms with Gasteiger partial charge in [0.25, 0.3) is 10.1 Å². The Balaban J connectivity index is 1.28. The minimum atomic E-state index is -4.75. The van der Waals surface area contributed by atoms with Gasteiger partial charge in [-0.1, -0.05) is 72.8 Å². The Morgan fingerprint density at radius 2 is 0.961 bits per heavy atom. The topological polar surface area (TPSA) is 117 Å². The maximum absolute atomic E-state index is 13.5.